The number of H-pyrrole nitrogens is 1. The molecule has 1 saturated heterocycles. The molecule has 2 amide bonds. The van der Waals surface area contributed by atoms with Crippen molar-refractivity contribution in [2.75, 3.05) is 31.5 Å². The molecule has 0 bridgehead atoms. The predicted molar refractivity (Wildman–Crippen MR) is 126 cm³/mol. The van der Waals surface area contributed by atoms with Gasteiger partial charge in [-0.25, -0.2) is 4.98 Å². The average molecular weight is 454 g/mol. The van der Waals surface area contributed by atoms with E-state index in [1.807, 2.05) is 36.9 Å². The molecule has 0 unspecified atom stereocenters. The molecule has 32 heavy (non-hydrogen) atoms. The van der Waals surface area contributed by atoms with Crippen LogP contribution in [0.1, 0.15) is 39.1 Å². The lowest BCUT2D eigenvalue weighted by molar-refractivity contribution is -0.130. The van der Waals surface area contributed by atoms with Crippen molar-refractivity contribution in [3.63, 3.8) is 0 Å². The maximum absolute atomic E-state index is 13.0. The minimum Gasteiger partial charge on any atom is -0.340 e. The summed E-state index contributed by atoms with van der Waals surface area (Å²) >= 11 is 1.24. The second-order valence-corrected chi connectivity index (χ2v) is 9.30. The van der Waals surface area contributed by atoms with Crippen molar-refractivity contribution in [2.45, 2.75) is 34.2 Å². The molecular formula is C23H27N5O3S. The number of rotatable bonds is 4. The smallest absolute Gasteiger partial charge is 0.266 e. The molecule has 2 aromatic heterocycles. The number of carbonyl (C=O) groups excluding carboxylic acids is 2. The van der Waals surface area contributed by atoms with Gasteiger partial charge in [0.05, 0.1) is 16.8 Å². The van der Waals surface area contributed by atoms with Gasteiger partial charge in [-0.3, -0.25) is 19.3 Å². The van der Waals surface area contributed by atoms with E-state index >= 15 is 0 Å². The molecule has 1 aliphatic rings. The SMILES string of the molecule is CC(=O)N1CCN(Cc2nc3sc(C(=O)Nc4ccc(C)cc4C)c(C)c3c(=O)[nH]2)CC1. The molecule has 1 aliphatic heterocycles. The van der Waals surface area contributed by atoms with Gasteiger partial charge in [-0.2, -0.15) is 0 Å². The fourth-order valence-electron chi connectivity index (χ4n) is 4.05. The molecule has 8 nitrogen and oxygen atoms in total. The minimum absolute atomic E-state index is 0.0818. The topological polar surface area (TPSA) is 98.4 Å². The molecule has 0 spiro atoms. The number of thiophene rings is 1. The summed E-state index contributed by atoms with van der Waals surface area (Å²) in [7, 11) is 0. The van der Waals surface area contributed by atoms with E-state index in [0.717, 1.165) is 29.9 Å². The summed E-state index contributed by atoms with van der Waals surface area (Å²) in [5.74, 6) is 0.415. The lowest BCUT2D eigenvalue weighted by atomic mass is 10.1. The lowest BCUT2D eigenvalue weighted by Gasteiger charge is -2.33. The van der Waals surface area contributed by atoms with Crippen molar-refractivity contribution in [1.29, 1.82) is 0 Å². The number of amides is 2. The van der Waals surface area contributed by atoms with E-state index in [4.69, 9.17) is 0 Å². The quantitative estimate of drug-likeness (QED) is 0.633. The molecule has 3 heterocycles. The van der Waals surface area contributed by atoms with Crippen LogP contribution in [0.15, 0.2) is 23.0 Å². The van der Waals surface area contributed by atoms with Crippen molar-refractivity contribution in [1.82, 2.24) is 19.8 Å². The predicted octanol–water partition coefficient (Wildman–Crippen LogP) is 2.83. The van der Waals surface area contributed by atoms with Crippen LogP contribution >= 0.6 is 11.3 Å². The van der Waals surface area contributed by atoms with Crippen LogP contribution in [0.5, 0.6) is 0 Å². The standard InChI is InChI=1S/C23H27N5O3S/c1-13-5-6-17(14(2)11-13)24-22(31)20-15(3)19-21(30)25-18(26-23(19)32-20)12-27-7-9-28(10-8-27)16(4)29/h5-6,11H,7-10,12H2,1-4H3,(H,24,31)(H,25,26,30). The summed E-state index contributed by atoms with van der Waals surface area (Å²) in [5.41, 5.74) is 3.28. The Bertz CT molecular complexity index is 1250. The normalized spacial score (nSPS) is 14.7. The van der Waals surface area contributed by atoms with Gasteiger partial charge in [-0.1, -0.05) is 17.7 Å². The summed E-state index contributed by atoms with van der Waals surface area (Å²) in [6.45, 7) is 10.6. The molecule has 4 rings (SSSR count). The summed E-state index contributed by atoms with van der Waals surface area (Å²) in [6.07, 6.45) is 0. The highest BCUT2D eigenvalue weighted by atomic mass is 32.1. The van der Waals surface area contributed by atoms with Crippen LogP contribution in [-0.4, -0.2) is 57.8 Å². The highest BCUT2D eigenvalue weighted by Crippen LogP contribution is 2.28. The molecule has 168 valence electrons. The minimum atomic E-state index is -0.237. The molecule has 0 radical (unpaired) electrons. The van der Waals surface area contributed by atoms with Gasteiger partial charge in [0.25, 0.3) is 11.5 Å². The van der Waals surface area contributed by atoms with Crippen molar-refractivity contribution in [3.05, 3.63) is 55.9 Å². The van der Waals surface area contributed by atoms with Gasteiger partial charge >= 0.3 is 0 Å². The molecule has 0 aliphatic carbocycles. The molecule has 0 saturated carbocycles. The first-order chi connectivity index (χ1) is 15.2. The Morgan fingerprint density at radius 1 is 1.16 bits per heavy atom. The van der Waals surface area contributed by atoms with Crippen LogP contribution in [0, 0.1) is 20.8 Å². The molecular weight excluding hydrogens is 426 g/mol. The lowest BCUT2D eigenvalue weighted by Crippen LogP contribution is -2.47. The van der Waals surface area contributed by atoms with Crippen LogP contribution in [0.25, 0.3) is 10.2 Å². The summed E-state index contributed by atoms with van der Waals surface area (Å²) in [5, 5.41) is 3.42. The molecule has 3 aromatic rings. The largest absolute Gasteiger partial charge is 0.340 e. The number of hydrogen-bond acceptors (Lipinski definition) is 6. The first-order valence-electron chi connectivity index (χ1n) is 10.6. The van der Waals surface area contributed by atoms with E-state index in [0.29, 0.717) is 46.1 Å². The van der Waals surface area contributed by atoms with E-state index < -0.39 is 0 Å². The fourth-order valence-corrected chi connectivity index (χ4v) is 5.14. The monoisotopic (exact) mass is 453 g/mol. The van der Waals surface area contributed by atoms with Crippen molar-refractivity contribution in [3.8, 4) is 0 Å². The van der Waals surface area contributed by atoms with Gasteiger partial charge in [-0.05, 0) is 38.0 Å². The van der Waals surface area contributed by atoms with Crippen LogP contribution in [0.4, 0.5) is 5.69 Å². The van der Waals surface area contributed by atoms with Crippen molar-refractivity contribution < 1.29 is 9.59 Å². The number of aryl methyl sites for hydroxylation is 3. The molecule has 1 aromatic carbocycles. The average Bonchev–Trinajstić information content (AvgIpc) is 3.07. The van der Waals surface area contributed by atoms with Gasteiger partial charge in [-0.15, -0.1) is 11.3 Å². The summed E-state index contributed by atoms with van der Waals surface area (Å²) in [6, 6.07) is 5.86. The third kappa shape index (κ3) is 4.44. The maximum Gasteiger partial charge on any atom is 0.266 e. The van der Waals surface area contributed by atoms with Crippen LogP contribution in [0.3, 0.4) is 0 Å². The van der Waals surface area contributed by atoms with Crippen molar-refractivity contribution in [2.24, 2.45) is 0 Å². The zero-order chi connectivity index (χ0) is 23.0. The number of nitrogens with zero attached hydrogens (tertiary/aromatic N) is 3. The molecule has 1 fully saturated rings. The number of anilines is 1. The van der Waals surface area contributed by atoms with Gasteiger partial charge in [0.1, 0.15) is 10.7 Å². The highest BCUT2D eigenvalue weighted by molar-refractivity contribution is 7.20. The fraction of sp³-hybridized carbons (Fsp3) is 0.391. The number of fused-ring (bicyclic) bond motifs is 1. The first-order valence-corrected chi connectivity index (χ1v) is 11.4. The Hall–Kier alpha value is -3.04. The Labute approximate surface area is 190 Å². The number of carbonyl (C=O) groups is 2. The summed E-state index contributed by atoms with van der Waals surface area (Å²) in [4.78, 5) is 49.8. The number of aromatic nitrogens is 2. The van der Waals surface area contributed by atoms with Gasteiger partial charge in [0.15, 0.2) is 0 Å². The second kappa shape index (κ2) is 8.84. The molecule has 0 atom stereocenters. The summed E-state index contributed by atoms with van der Waals surface area (Å²) < 4.78 is 0. The first kappa shape index (κ1) is 22.2. The zero-order valence-corrected chi connectivity index (χ0v) is 19.6. The van der Waals surface area contributed by atoms with E-state index in [1.54, 1.807) is 13.8 Å². The highest BCUT2D eigenvalue weighted by Gasteiger charge is 2.22. The third-order valence-corrected chi connectivity index (χ3v) is 7.06. The van der Waals surface area contributed by atoms with E-state index in [2.05, 4.69) is 20.2 Å². The maximum atomic E-state index is 13.0. The van der Waals surface area contributed by atoms with Crippen molar-refractivity contribution >= 4 is 39.1 Å². The van der Waals surface area contributed by atoms with Crippen LogP contribution in [0.2, 0.25) is 0 Å². The van der Waals surface area contributed by atoms with Crippen LogP contribution in [-0.2, 0) is 11.3 Å². The third-order valence-electron chi connectivity index (χ3n) is 5.88. The van der Waals surface area contributed by atoms with Gasteiger partial charge in [0.2, 0.25) is 5.91 Å². The number of benzene rings is 1. The van der Waals surface area contributed by atoms with E-state index in [1.165, 1.54) is 11.3 Å². The van der Waals surface area contributed by atoms with Crippen LogP contribution < -0.4 is 10.9 Å². The van der Waals surface area contributed by atoms with E-state index in [-0.39, 0.29) is 17.4 Å². The number of aromatic amines is 1. The molecule has 2 N–H and O–H groups in total. The zero-order valence-electron chi connectivity index (χ0n) is 18.7. The van der Waals surface area contributed by atoms with Gasteiger partial charge < -0.3 is 15.2 Å². The number of piperazine rings is 1. The van der Waals surface area contributed by atoms with E-state index in [9.17, 15) is 14.4 Å². The Morgan fingerprint density at radius 3 is 2.53 bits per heavy atom. The number of hydrogen-bond donors (Lipinski definition) is 2. The second-order valence-electron chi connectivity index (χ2n) is 8.30. The number of nitrogens with one attached hydrogen (secondary N) is 2. The van der Waals surface area contributed by atoms with Gasteiger partial charge in [0, 0.05) is 38.8 Å². The Kier molecular flexibility index (Phi) is 6.12. The Morgan fingerprint density at radius 2 is 1.88 bits per heavy atom. The Balaban J connectivity index is 1.55. The molecule has 9 heteroatoms.